The first-order valence-corrected chi connectivity index (χ1v) is 12.1. The molecule has 1 atom stereocenters. The van der Waals surface area contributed by atoms with Crippen LogP contribution >= 0.6 is 0 Å². The van der Waals surface area contributed by atoms with Crippen LogP contribution in [0.4, 0.5) is 4.79 Å². The van der Waals surface area contributed by atoms with E-state index in [1.54, 1.807) is 13.3 Å². The molecule has 0 aliphatic carbocycles. The molecule has 1 aromatic carbocycles. The quantitative estimate of drug-likeness (QED) is 0.329. The Morgan fingerprint density at radius 1 is 1.06 bits per heavy atom. The molecular weight excluding hydrogens is 416 g/mol. The Kier molecular flexibility index (Phi) is 11.2. The number of nitrogens with one attached hydrogen (secondary N) is 1. The van der Waals surface area contributed by atoms with Crippen LogP contribution in [-0.2, 0) is 15.0 Å². The molecule has 0 aliphatic rings. The number of pyridine rings is 1. The number of alkyl carbamates (subject to hydrolysis) is 1. The molecule has 0 bridgehead atoms. The third-order valence-electron chi connectivity index (χ3n) is 5.60. The van der Waals surface area contributed by atoms with E-state index in [4.69, 9.17) is 14.2 Å². The van der Waals surface area contributed by atoms with Crippen molar-refractivity contribution in [3.63, 3.8) is 0 Å². The van der Waals surface area contributed by atoms with Crippen LogP contribution in [0.15, 0.2) is 42.6 Å². The number of carbonyl (C=O) groups is 1. The van der Waals surface area contributed by atoms with Gasteiger partial charge < -0.3 is 19.5 Å². The molecule has 1 unspecified atom stereocenters. The standard InChI is InChI=1S/C27H40N2O4/c1-6-8-9-14-23(11-7-2)33-26(30)29-27(3,4)22-13-10-12-21(19-22)25-16-15-24(20-28-25)32-18-17-31-5/h10,12-13,15-16,19-20,23H,6-9,11,14,17-18H2,1-5H3,(H,29,30). The van der Waals surface area contributed by atoms with Gasteiger partial charge in [-0.15, -0.1) is 0 Å². The highest BCUT2D eigenvalue weighted by molar-refractivity contribution is 5.69. The monoisotopic (exact) mass is 456 g/mol. The highest BCUT2D eigenvalue weighted by Gasteiger charge is 2.25. The van der Waals surface area contributed by atoms with Gasteiger partial charge in [-0.3, -0.25) is 4.98 Å². The van der Waals surface area contributed by atoms with Gasteiger partial charge in [-0.1, -0.05) is 51.3 Å². The Hall–Kier alpha value is -2.60. The third-order valence-corrected chi connectivity index (χ3v) is 5.60. The normalized spacial score (nSPS) is 12.3. The summed E-state index contributed by atoms with van der Waals surface area (Å²) in [6, 6.07) is 11.9. The van der Waals surface area contributed by atoms with Gasteiger partial charge in [0.1, 0.15) is 18.5 Å². The van der Waals surface area contributed by atoms with Crippen molar-refractivity contribution >= 4 is 6.09 Å². The maximum Gasteiger partial charge on any atom is 0.408 e. The number of rotatable bonds is 14. The number of benzene rings is 1. The smallest absolute Gasteiger partial charge is 0.408 e. The largest absolute Gasteiger partial charge is 0.490 e. The first kappa shape index (κ1) is 26.7. The van der Waals surface area contributed by atoms with Gasteiger partial charge in [0.15, 0.2) is 0 Å². The van der Waals surface area contributed by atoms with E-state index in [2.05, 4.69) is 30.2 Å². The number of ether oxygens (including phenoxy) is 3. The van der Waals surface area contributed by atoms with Crippen molar-refractivity contribution in [2.24, 2.45) is 0 Å². The Labute approximate surface area is 199 Å². The van der Waals surface area contributed by atoms with Crippen molar-refractivity contribution in [2.45, 2.75) is 77.9 Å². The minimum Gasteiger partial charge on any atom is -0.490 e. The molecule has 0 saturated heterocycles. The minimum atomic E-state index is -0.587. The number of unbranched alkanes of at least 4 members (excludes halogenated alkanes) is 2. The van der Waals surface area contributed by atoms with Crippen LogP contribution in [0.1, 0.15) is 71.8 Å². The lowest BCUT2D eigenvalue weighted by Gasteiger charge is -2.28. The third kappa shape index (κ3) is 9.04. The lowest BCUT2D eigenvalue weighted by molar-refractivity contribution is 0.0786. The molecule has 6 heteroatoms. The molecule has 2 rings (SSSR count). The first-order chi connectivity index (χ1) is 15.9. The summed E-state index contributed by atoms with van der Waals surface area (Å²) in [5.41, 5.74) is 2.21. The summed E-state index contributed by atoms with van der Waals surface area (Å²) in [6.45, 7) is 9.29. The molecule has 6 nitrogen and oxygen atoms in total. The number of hydrogen-bond donors (Lipinski definition) is 1. The summed E-state index contributed by atoms with van der Waals surface area (Å²) in [5.74, 6) is 0.706. The van der Waals surface area contributed by atoms with Gasteiger partial charge in [-0.05, 0) is 56.9 Å². The lowest BCUT2D eigenvalue weighted by atomic mass is 9.92. The predicted molar refractivity (Wildman–Crippen MR) is 133 cm³/mol. The van der Waals surface area contributed by atoms with Crippen LogP contribution in [0.25, 0.3) is 11.3 Å². The van der Waals surface area contributed by atoms with Crippen molar-refractivity contribution in [1.29, 1.82) is 0 Å². The average molecular weight is 457 g/mol. The topological polar surface area (TPSA) is 69.7 Å². The van der Waals surface area contributed by atoms with Crippen molar-refractivity contribution in [1.82, 2.24) is 10.3 Å². The maximum absolute atomic E-state index is 12.7. The van der Waals surface area contributed by atoms with E-state index in [0.717, 1.165) is 55.3 Å². The van der Waals surface area contributed by atoms with E-state index in [-0.39, 0.29) is 12.2 Å². The second-order valence-electron chi connectivity index (χ2n) is 8.86. The van der Waals surface area contributed by atoms with E-state index in [9.17, 15) is 4.79 Å². The van der Waals surface area contributed by atoms with Gasteiger partial charge in [0.25, 0.3) is 0 Å². The Morgan fingerprint density at radius 3 is 2.55 bits per heavy atom. The van der Waals surface area contributed by atoms with Gasteiger partial charge in [-0.25, -0.2) is 4.79 Å². The fourth-order valence-corrected chi connectivity index (χ4v) is 3.66. The van der Waals surface area contributed by atoms with E-state index in [0.29, 0.717) is 19.0 Å². The molecule has 0 saturated carbocycles. The van der Waals surface area contributed by atoms with Crippen molar-refractivity contribution in [3.05, 3.63) is 48.2 Å². The van der Waals surface area contributed by atoms with Crippen LogP contribution in [0.3, 0.4) is 0 Å². The molecule has 0 aliphatic heterocycles. The van der Waals surface area contributed by atoms with Gasteiger partial charge in [-0.2, -0.15) is 0 Å². The molecule has 1 aromatic heterocycles. The molecule has 33 heavy (non-hydrogen) atoms. The van der Waals surface area contributed by atoms with Gasteiger partial charge >= 0.3 is 6.09 Å². The molecule has 2 aromatic rings. The lowest BCUT2D eigenvalue weighted by Crippen LogP contribution is -2.42. The Balaban J connectivity index is 2.04. The number of hydrogen-bond acceptors (Lipinski definition) is 5. The predicted octanol–water partition coefficient (Wildman–Crippen LogP) is 6.48. The summed E-state index contributed by atoms with van der Waals surface area (Å²) < 4.78 is 16.4. The molecule has 1 amide bonds. The van der Waals surface area contributed by atoms with Crippen molar-refractivity contribution < 1.29 is 19.0 Å². The van der Waals surface area contributed by atoms with Gasteiger partial charge in [0, 0.05) is 12.7 Å². The van der Waals surface area contributed by atoms with E-state index >= 15 is 0 Å². The second kappa shape index (κ2) is 13.8. The molecule has 0 spiro atoms. The van der Waals surface area contributed by atoms with Crippen LogP contribution in [0.2, 0.25) is 0 Å². The number of carbonyl (C=O) groups excluding carboxylic acids is 1. The number of aromatic nitrogens is 1. The first-order valence-electron chi connectivity index (χ1n) is 12.1. The fraction of sp³-hybridized carbons (Fsp3) is 0.556. The molecule has 1 heterocycles. The molecule has 0 fully saturated rings. The summed E-state index contributed by atoms with van der Waals surface area (Å²) >= 11 is 0. The Morgan fingerprint density at radius 2 is 1.88 bits per heavy atom. The molecule has 182 valence electrons. The highest BCUT2D eigenvalue weighted by Crippen LogP contribution is 2.27. The highest BCUT2D eigenvalue weighted by atomic mass is 16.6. The average Bonchev–Trinajstić information content (AvgIpc) is 2.80. The van der Waals surface area contributed by atoms with Crippen molar-refractivity contribution in [3.8, 4) is 17.0 Å². The maximum atomic E-state index is 12.7. The van der Waals surface area contributed by atoms with Gasteiger partial charge in [0.05, 0.1) is 24.0 Å². The van der Waals surface area contributed by atoms with Crippen molar-refractivity contribution in [2.75, 3.05) is 20.3 Å². The van der Waals surface area contributed by atoms with Crippen LogP contribution in [0.5, 0.6) is 5.75 Å². The zero-order valence-corrected chi connectivity index (χ0v) is 20.9. The number of amides is 1. The summed E-state index contributed by atoms with van der Waals surface area (Å²) in [7, 11) is 1.64. The zero-order chi connectivity index (χ0) is 24.1. The number of nitrogens with zero attached hydrogens (tertiary/aromatic N) is 1. The van der Waals surface area contributed by atoms with Crippen LogP contribution in [-0.4, -0.2) is 37.5 Å². The number of methoxy groups -OCH3 is 1. The molecular formula is C27H40N2O4. The zero-order valence-electron chi connectivity index (χ0n) is 20.9. The summed E-state index contributed by atoms with van der Waals surface area (Å²) in [4.78, 5) is 17.2. The van der Waals surface area contributed by atoms with Crippen LogP contribution < -0.4 is 10.1 Å². The SMILES string of the molecule is CCCCCC(CCC)OC(=O)NC(C)(C)c1cccc(-c2ccc(OCCOC)cn2)c1. The molecule has 1 N–H and O–H groups in total. The Bertz CT molecular complexity index is 836. The van der Waals surface area contributed by atoms with E-state index < -0.39 is 5.54 Å². The second-order valence-corrected chi connectivity index (χ2v) is 8.86. The van der Waals surface area contributed by atoms with E-state index in [1.165, 1.54) is 0 Å². The molecule has 0 radical (unpaired) electrons. The van der Waals surface area contributed by atoms with Crippen LogP contribution in [0, 0.1) is 0 Å². The fourth-order valence-electron chi connectivity index (χ4n) is 3.66. The summed E-state index contributed by atoms with van der Waals surface area (Å²) in [6.07, 6.45) is 7.54. The summed E-state index contributed by atoms with van der Waals surface area (Å²) in [5, 5.41) is 3.05. The minimum absolute atomic E-state index is 0.0301. The van der Waals surface area contributed by atoms with E-state index in [1.807, 2.05) is 44.2 Å². The van der Waals surface area contributed by atoms with Gasteiger partial charge in [0.2, 0.25) is 0 Å².